The lowest BCUT2D eigenvalue weighted by molar-refractivity contribution is -0.120. The number of benzene rings is 1. The highest BCUT2D eigenvalue weighted by atomic mass is 16.3. The van der Waals surface area contributed by atoms with E-state index in [1.54, 1.807) is 38.1 Å². The lowest BCUT2D eigenvalue weighted by Gasteiger charge is -2.15. The number of rotatable bonds is 6. The molecule has 0 aliphatic heterocycles. The Kier molecular flexibility index (Phi) is 6.52. The molecule has 2 atom stereocenters. The van der Waals surface area contributed by atoms with E-state index in [4.69, 9.17) is 0 Å². The minimum Gasteiger partial charge on any atom is -0.393 e. The van der Waals surface area contributed by atoms with Crippen LogP contribution in [0.2, 0.25) is 0 Å². The third-order valence-corrected chi connectivity index (χ3v) is 2.54. The van der Waals surface area contributed by atoms with Crippen molar-refractivity contribution in [3.63, 3.8) is 0 Å². The fourth-order valence-corrected chi connectivity index (χ4v) is 1.75. The second kappa shape index (κ2) is 8.16. The van der Waals surface area contributed by atoms with E-state index in [9.17, 15) is 14.7 Å². The molecule has 4 N–H and O–H groups in total. The monoisotopic (exact) mass is 279 g/mol. The van der Waals surface area contributed by atoms with Crippen LogP contribution in [0.4, 0.5) is 10.5 Å². The molecule has 0 heterocycles. The Labute approximate surface area is 118 Å². The second-order valence-electron chi connectivity index (χ2n) is 4.73. The van der Waals surface area contributed by atoms with Gasteiger partial charge < -0.3 is 21.1 Å². The Hall–Kier alpha value is -2.08. The van der Waals surface area contributed by atoms with E-state index in [1.807, 2.05) is 6.07 Å². The minimum atomic E-state index is -0.473. The summed E-state index contributed by atoms with van der Waals surface area (Å²) >= 11 is 0. The summed E-state index contributed by atoms with van der Waals surface area (Å²) in [6.45, 7) is 3.35. The number of aliphatic hydroxyl groups excluding tert-OH is 1. The molecule has 0 aliphatic carbocycles. The molecular weight excluding hydrogens is 258 g/mol. The summed E-state index contributed by atoms with van der Waals surface area (Å²) in [5.41, 5.74) is 0.660. The average Bonchev–Trinajstić information content (AvgIpc) is 2.36. The normalized spacial score (nSPS) is 13.2. The summed E-state index contributed by atoms with van der Waals surface area (Å²) in [4.78, 5) is 23.1. The molecule has 6 nitrogen and oxygen atoms in total. The number of carbonyl (C=O) groups is 2. The van der Waals surface area contributed by atoms with Crippen molar-refractivity contribution in [2.24, 2.45) is 0 Å². The van der Waals surface area contributed by atoms with Gasteiger partial charge in [-0.3, -0.25) is 4.79 Å². The molecule has 0 saturated heterocycles. The Morgan fingerprint density at radius 2 is 1.85 bits per heavy atom. The number of carbonyl (C=O) groups excluding carboxylic acids is 2. The standard InChI is InChI=1S/C14H21N3O3/c1-10(8-11(2)18)16-13(19)9-15-14(20)17-12-6-4-3-5-7-12/h3-7,10-11,18H,8-9H2,1-2H3,(H,16,19)(H2,15,17,20). The van der Waals surface area contributed by atoms with Crippen molar-refractivity contribution in [3.8, 4) is 0 Å². The molecule has 110 valence electrons. The zero-order valence-corrected chi connectivity index (χ0v) is 11.7. The van der Waals surface area contributed by atoms with E-state index in [1.165, 1.54) is 0 Å². The summed E-state index contributed by atoms with van der Waals surface area (Å²) < 4.78 is 0. The number of para-hydroxylation sites is 1. The first-order valence-corrected chi connectivity index (χ1v) is 6.54. The Bertz CT molecular complexity index is 435. The van der Waals surface area contributed by atoms with Gasteiger partial charge in [0.2, 0.25) is 5.91 Å². The van der Waals surface area contributed by atoms with Gasteiger partial charge >= 0.3 is 6.03 Å². The maximum absolute atomic E-state index is 11.6. The lowest BCUT2D eigenvalue weighted by atomic mass is 10.1. The highest BCUT2D eigenvalue weighted by Gasteiger charge is 2.10. The van der Waals surface area contributed by atoms with Crippen LogP contribution in [0.1, 0.15) is 20.3 Å². The highest BCUT2D eigenvalue weighted by Crippen LogP contribution is 2.03. The Morgan fingerprint density at radius 3 is 2.45 bits per heavy atom. The molecule has 20 heavy (non-hydrogen) atoms. The van der Waals surface area contributed by atoms with E-state index in [2.05, 4.69) is 16.0 Å². The van der Waals surface area contributed by atoms with Crippen LogP contribution in [0.25, 0.3) is 0 Å². The molecule has 2 unspecified atom stereocenters. The van der Waals surface area contributed by atoms with Gasteiger partial charge in [0, 0.05) is 11.7 Å². The summed E-state index contributed by atoms with van der Waals surface area (Å²) in [7, 11) is 0. The SMILES string of the molecule is CC(O)CC(C)NC(=O)CNC(=O)Nc1ccccc1. The van der Waals surface area contributed by atoms with Crippen molar-refractivity contribution >= 4 is 17.6 Å². The fourth-order valence-electron chi connectivity index (χ4n) is 1.75. The molecule has 0 spiro atoms. The quantitative estimate of drug-likeness (QED) is 0.628. The molecule has 0 fully saturated rings. The average molecular weight is 279 g/mol. The van der Waals surface area contributed by atoms with Crippen molar-refractivity contribution in [2.75, 3.05) is 11.9 Å². The topological polar surface area (TPSA) is 90.5 Å². The van der Waals surface area contributed by atoms with Crippen LogP contribution in [-0.2, 0) is 4.79 Å². The first kappa shape index (κ1) is 16.0. The first-order valence-electron chi connectivity index (χ1n) is 6.54. The molecule has 0 aliphatic rings. The third kappa shape index (κ3) is 6.75. The zero-order valence-electron chi connectivity index (χ0n) is 11.7. The van der Waals surface area contributed by atoms with Crippen molar-refractivity contribution in [1.82, 2.24) is 10.6 Å². The van der Waals surface area contributed by atoms with Crippen molar-refractivity contribution in [3.05, 3.63) is 30.3 Å². The molecule has 1 rings (SSSR count). The summed E-state index contributed by atoms with van der Waals surface area (Å²) in [6.07, 6.45) is 0.00160. The third-order valence-electron chi connectivity index (χ3n) is 2.54. The predicted octanol–water partition coefficient (Wildman–Crippen LogP) is 1.08. The van der Waals surface area contributed by atoms with E-state index in [0.29, 0.717) is 12.1 Å². The molecule has 3 amide bonds. The van der Waals surface area contributed by atoms with Gasteiger partial charge in [-0.1, -0.05) is 18.2 Å². The first-order chi connectivity index (χ1) is 9.47. The van der Waals surface area contributed by atoms with Gasteiger partial charge in [0.1, 0.15) is 0 Å². The molecular formula is C14H21N3O3. The minimum absolute atomic E-state index is 0.108. The maximum Gasteiger partial charge on any atom is 0.319 e. The van der Waals surface area contributed by atoms with Crippen LogP contribution in [0.3, 0.4) is 0 Å². The van der Waals surface area contributed by atoms with Crippen LogP contribution in [0, 0.1) is 0 Å². The number of hydrogen-bond acceptors (Lipinski definition) is 3. The summed E-state index contributed by atoms with van der Waals surface area (Å²) in [6, 6.07) is 8.39. The van der Waals surface area contributed by atoms with Gasteiger partial charge in [-0.05, 0) is 32.4 Å². The van der Waals surface area contributed by atoms with E-state index >= 15 is 0 Å². The number of aliphatic hydroxyl groups is 1. The molecule has 1 aromatic rings. The van der Waals surface area contributed by atoms with Crippen molar-refractivity contribution < 1.29 is 14.7 Å². The number of nitrogens with one attached hydrogen (secondary N) is 3. The van der Waals surface area contributed by atoms with E-state index < -0.39 is 12.1 Å². The van der Waals surface area contributed by atoms with Gasteiger partial charge in [-0.2, -0.15) is 0 Å². The number of amides is 3. The molecule has 1 aromatic carbocycles. The lowest BCUT2D eigenvalue weighted by Crippen LogP contribution is -2.42. The number of anilines is 1. The molecule has 0 saturated carbocycles. The second-order valence-corrected chi connectivity index (χ2v) is 4.73. The fraction of sp³-hybridized carbons (Fsp3) is 0.429. The summed E-state index contributed by atoms with van der Waals surface area (Å²) in [5.74, 6) is -0.290. The zero-order chi connectivity index (χ0) is 15.0. The maximum atomic E-state index is 11.6. The van der Waals surface area contributed by atoms with Crippen molar-refractivity contribution in [2.45, 2.75) is 32.4 Å². The highest BCUT2D eigenvalue weighted by molar-refractivity contribution is 5.92. The number of hydrogen-bond donors (Lipinski definition) is 4. The Balaban J connectivity index is 2.25. The molecule has 0 aromatic heterocycles. The van der Waals surface area contributed by atoms with Gasteiger partial charge in [0.15, 0.2) is 0 Å². The molecule has 0 radical (unpaired) electrons. The van der Waals surface area contributed by atoms with Crippen LogP contribution in [0.5, 0.6) is 0 Å². The van der Waals surface area contributed by atoms with Crippen LogP contribution >= 0.6 is 0 Å². The summed E-state index contributed by atoms with van der Waals surface area (Å²) in [5, 5.41) is 17.0. The van der Waals surface area contributed by atoms with Gasteiger partial charge in [-0.25, -0.2) is 4.79 Å². The van der Waals surface area contributed by atoms with E-state index in [-0.39, 0.29) is 18.5 Å². The Morgan fingerprint density at radius 1 is 1.20 bits per heavy atom. The van der Waals surface area contributed by atoms with Gasteiger partial charge in [-0.15, -0.1) is 0 Å². The predicted molar refractivity (Wildman–Crippen MR) is 77.4 cm³/mol. The number of urea groups is 1. The van der Waals surface area contributed by atoms with Crippen LogP contribution < -0.4 is 16.0 Å². The smallest absolute Gasteiger partial charge is 0.319 e. The van der Waals surface area contributed by atoms with Crippen LogP contribution in [-0.4, -0.2) is 35.7 Å². The van der Waals surface area contributed by atoms with Crippen molar-refractivity contribution in [1.29, 1.82) is 0 Å². The van der Waals surface area contributed by atoms with Gasteiger partial charge in [0.25, 0.3) is 0 Å². The van der Waals surface area contributed by atoms with Gasteiger partial charge in [0.05, 0.1) is 12.6 Å². The largest absolute Gasteiger partial charge is 0.393 e. The molecule has 6 heteroatoms. The van der Waals surface area contributed by atoms with E-state index in [0.717, 1.165) is 0 Å². The molecule has 0 bridgehead atoms. The van der Waals surface area contributed by atoms with Crippen LogP contribution in [0.15, 0.2) is 30.3 Å².